The average molecular weight is 195 g/mol. The molecule has 2 N–H and O–H groups in total. The van der Waals surface area contributed by atoms with Gasteiger partial charge in [0, 0.05) is 17.8 Å². The lowest BCUT2D eigenvalue weighted by Gasteiger charge is -2.00. The molecule has 0 saturated heterocycles. The van der Waals surface area contributed by atoms with Gasteiger partial charge in [-0.2, -0.15) is 0 Å². The highest BCUT2D eigenvalue weighted by atomic mass is 35.5. The molecule has 0 heterocycles. The van der Waals surface area contributed by atoms with E-state index in [9.17, 15) is 0 Å². The van der Waals surface area contributed by atoms with Gasteiger partial charge in [-0.1, -0.05) is 23.7 Å². The third kappa shape index (κ3) is 3.76. The van der Waals surface area contributed by atoms with Crippen molar-refractivity contribution in [3.8, 4) is 0 Å². The molecule has 0 fully saturated rings. The number of allylic oxidation sites excluding steroid dienone is 1. The van der Waals surface area contributed by atoms with Crippen LogP contribution in [-0.4, -0.2) is 6.21 Å². The van der Waals surface area contributed by atoms with Crippen LogP contribution in [0.1, 0.15) is 5.56 Å². The third-order valence-electron chi connectivity index (χ3n) is 1.53. The third-order valence-corrected chi connectivity index (χ3v) is 1.78. The molecule has 0 aliphatic heterocycles. The van der Waals surface area contributed by atoms with Crippen LogP contribution in [0.2, 0.25) is 5.02 Å². The zero-order valence-corrected chi connectivity index (χ0v) is 7.88. The van der Waals surface area contributed by atoms with Crippen molar-refractivity contribution in [2.75, 3.05) is 0 Å². The van der Waals surface area contributed by atoms with E-state index in [1.165, 1.54) is 11.8 Å². The Kier molecular flexibility index (Phi) is 4.06. The summed E-state index contributed by atoms with van der Waals surface area (Å²) in [5.41, 5.74) is 1.17. The fourth-order valence-corrected chi connectivity index (χ4v) is 1.02. The average Bonchev–Trinajstić information content (AvgIpc) is 2.15. The molecule has 1 aromatic rings. The van der Waals surface area contributed by atoms with Crippen molar-refractivity contribution < 1.29 is 0 Å². The SMILES string of the molecule is N=C/C=C\NCc1ccc(Cl)cc1. The molecule has 0 saturated carbocycles. The number of halogens is 1. The van der Waals surface area contributed by atoms with Gasteiger partial charge in [-0.25, -0.2) is 0 Å². The van der Waals surface area contributed by atoms with Crippen LogP contribution < -0.4 is 5.32 Å². The van der Waals surface area contributed by atoms with E-state index in [4.69, 9.17) is 17.0 Å². The number of rotatable bonds is 4. The number of benzene rings is 1. The lowest BCUT2D eigenvalue weighted by Crippen LogP contribution is -2.03. The van der Waals surface area contributed by atoms with Gasteiger partial charge in [-0.3, -0.25) is 0 Å². The molecule has 0 aliphatic rings. The predicted molar refractivity (Wildman–Crippen MR) is 56.2 cm³/mol. The minimum absolute atomic E-state index is 0.749. The van der Waals surface area contributed by atoms with Crippen molar-refractivity contribution in [3.63, 3.8) is 0 Å². The van der Waals surface area contributed by atoms with Crippen LogP contribution in [0.5, 0.6) is 0 Å². The topological polar surface area (TPSA) is 35.9 Å². The Bertz CT molecular complexity index is 290. The highest BCUT2D eigenvalue weighted by molar-refractivity contribution is 6.30. The van der Waals surface area contributed by atoms with E-state index in [0.29, 0.717) is 0 Å². The Hall–Kier alpha value is -1.28. The van der Waals surface area contributed by atoms with Crippen molar-refractivity contribution >= 4 is 17.8 Å². The summed E-state index contributed by atoms with van der Waals surface area (Å²) in [5, 5.41) is 10.5. The van der Waals surface area contributed by atoms with Gasteiger partial charge in [0.05, 0.1) is 0 Å². The standard InChI is InChI=1S/C10H11ClN2/c11-10-4-2-9(3-5-10)8-13-7-1-6-12/h1-7,12-13H,8H2/b7-1-,12-6?. The maximum atomic E-state index is 6.74. The van der Waals surface area contributed by atoms with Crippen LogP contribution in [0.4, 0.5) is 0 Å². The highest BCUT2D eigenvalue weighted by Gasteiger charge is 1.89. The first-order valence-corrected chi connectivity index (χ1v) is 4.34. The molecular formula is C10H11ClN2. The summed E-state index contributed by atoms with van der Waals surface area (Å²) < 4.78 is 0. The number of hydrogen-bond acceptors (Lipinski definition) is 2. The molecule has 3 heteroatoms. The van der Waals surface area contributed by atoms with E-state index in [1.54, 1.807) is 12.3 Å². The lowest BCUT2D eigenvalue weighted by atomic mass is 10.2. The minimum Gasteiger partial charge on any atom is -0.387 e. The predicted octanol–water partition coefficient (Wildman–Crippen LogP) is 2.59. The van der Waals surface area contributed by atoms with E-state index in [0.717, 1.165) is 11.6 Å². The molecule has 1 rings (SSSR count). The maximum absolute atomic E-state index is 6.74. The quantitative estimate of drug-likeness (QED) is 0.711. The summed E-state index contributed by atoms with van der Waals surface area (Å²) >= 11 is 5.73. The van der Waals surface area contributed by atoms with E-state index < -0.39 is 0 Å². The van der Waals surface area contributed by atoms with Crippen molar-refractivity contribution in [2.45, 2.75) is 6.54 Å². The van der Waals surface area contributed by atoms with E-state index in [-0.39, 0.29) is 0 Å². The van der Waals surface area contributed by atoms with Crippen molar-refractivity contribution in [2.24, 2.45) is 0 Å². The van der Waals surface area contributed by atoms with Crippen molar-refractivity contribution in [1.82, 2.24) is 5.32 Å². The van der Waals surface area contributed by atoms with Crippen molar-refractivity contribution in [1.29, 1.82) is 5.41 Å². The van der Waals surface area contributed by atoms with Crippen LogP contribution in [0.3, 0.4) is 0 Å². The van der Waals surface area contributed by atoms with Gasteiger partial charge in [0.2, 0.25) is 0 Å². The summed E-state index contributed by atoms with van der Waals surface area (Å²) in [5.74, 6) is 0. The molecule has 68 valence electrons. The summed E-state index contributed by atoms with van der Waals surface area (Å²) in [7, 11) is 0. The van der Waals surface area contributed by atoms with Crippen LogP contribution >= 0.6 is 11.6 Å². The van der Waals surface area contributed by atoms with Gasteiger partial charge < -0.3 is 10.7 Å². The molecule has 0 amide bonds. The highest BCUT2D eigenvalue weighted by Crippen LogP contribution is 2.08. The van der Waals surface area contributed by atoms with Gasteiger partial charge in [0.25, 0.3) is 0 Å². The zero-order valence-electron chi connectivity index (χ0n) is 7.13. The first-order chi connectivity index (χ1) is 6.33. The summed E-state index contributed by atoms with van der Waals surface area (Å²) in [6.07, 6.45) is 4.60. The van der Waals surface area contributed by atoms with E-state index in [2.05, 4.69) is 5.32 Å². The van der Waals surface area contributed by atoms with Crippen LogP contribution in [0.25, 0.3) is 0 Å². The Balaban J connectivity index is 2.41. The summed E-state index contributed by atoms with van der Waals surface area (Å²) in [6.45, 7) is 0.751. The molecule has 0 spiro atoms. The number of hydrogen-bond donors (Lipinski definition) is 2. The van der Waals surface area contributed by atoms with Gasteiger partial charge >= 0.3 is 0 Å². The first kappa shape index (κ1) is 9.81. The van der Waals surface area contributed by atoms with Crippen LogP contribution in [-0.2, 0) is 6.54 Å². The van der Waals surface area contributed by atoms with E-state index in [1.807, 2.05) is 24.3 Å². The normalized spacial score (nSPS) is 10.2. The van der Waals surface area contributed by atoms with Gasteiger partial charge in [-0.15, -0.1) is 0 Å². The van der Waals surface area contributed by atoms with Crippen molar-refractivity contribution in [3.05, 3.63) is 47.1 Å². The molecule has 1 aromatic carbocycles. The Morgan fingerprint density at radius 2 is 2.00 bits per heavy atom. The summed E-state index contributed by atoms with van der Waals surface area (Å²) in [4.78, 5) is 0. The van der Waals surface area contributed by atoms with Gasteiger partial charge in [-0.05, 0) is 30.0 Å². The monoisotopic (exact) mass is 194 g/mol. The molecule has 2 nitrogen and oxygen atoms in total. The lowest BCUT2D eigenvalue weighted by molar-refractivity contribution is 0.871. The fraction of sp³-hybridized carbons (Fsp3) is 0.100. The zero-order chi connectivity index (χ0) is 9.52. The molecule has 0 unspecified atom stereocenters. The second-order valence-electron chi connectivity index (χ2n) is 2.53. The molecule has 0 atom stereocenters. The Labute approximate surface area is 82.7 Å². The second kappa shape index (κ2) is 5.38. The Morgan fingerprint density at radius 1 is 1.31 bits per heavy atom. The molecular weight excluding hydrogens is 184 g/mol. The van der Waals surface area contributed by atoms with Crippen LogP contribution in [0, 0.1) is 5.41 Å². The largest absolute Gasteiger partial charge is 0.387 e. The fourth-order valence-electron chi connectivity index (χ4n) is 0.895. The smallest absolute Gasteiger partial charge is 0.0406 e. The molecule has 13 heavy (non-hydrogen) atoms. The molecule has 0 radical (unpaired) electrons. The van der Waals surface area contributed by atoms with Gasteiger partial charge in [0.15, 0.2) is 0 Å². The Morgan fingerprint density at radius 3 is 2.62 bits per heavy atom. The summed E-state index contributed by atoms with van der Waals surface area (Å²) in [6, 6.07) is 7.65. The second-order valence-corrected chi connectivity index (χ2v) is 2.97. The molecule has 0 aliphatic carbocycles. The van der Waals surface area contributed by atoms with E-state index >= 15 is 0 Å². The minimum atomic E-state index is 0.749. The van der Waals surface area contributed by atoms with Crippen LogP contribution in [0.15, 0.2) is 36.5 Å². The first-order valence-electron chi connectivity index (χ1n) is 3.96. The molecule has 0 bridgehead atoms. The van der Waals surface area contributed by atoms with Gasteiger partial charge in [0.1, 0.15) is 0 Å². The number of nitrogens with one attached hydrogen (secondary N) is 2. The maximum Gasteiger partial charge on any atom is 0.0406 e. The molecule has 0 aromatic heterocycles.